The van der Waals surface area contributed by atoms with Crippen molar-refractivity contribution in [1.29, 1.82) is 0 Å². The van der Waals surface area contributed by atoms with Crippen LogP contribution in [0.15, 0.2) is 30.6 Å². The molecule has 0 aliphatic rings. The van der Waals surface area contributed by atoms with E-state index in [0.717, 1.165) is 5.56 Å². The molecule has 1 atom stereocenters. The lowest BCUT2D eigenvalue weighted by Gasteiger charge is -2.19. The Morgan fingerprint density at radius 2 is 1.71 bits per heavy atom. The van der Waals surface area contributed by atoms with E-state index in [0.29, 0.717) is 27.1 Å². The zero-order chi connectivity index (χ0) is 15.4. The predicted octanol–water partition coefficient (Wildman–Crippen LogP) is 3.53. The molecule has 0 saturated carbocycles. The van der Waals surface area contributed by atoms with Gasteiger partial charge in [0.05, 0.1) is 30.9 Å². The number of aliphatic hydroxyl groups excluding tert-OH is 1. The molecule has 4 nitrogen and oxygen atoms in total. The summed E-state index contributed by atoms with van der Waals surface area (Å²) in [5.41, 5.74) is 1.47. The van der Waals surface area contributed by atoms with Gasteiger partial charge in [-0.05, 0) is 17.7 Å². The van der Waals surface area contributed by atoms with Crippen molar-refractivity contribution in [2.75, 3.05) is 20.8 Å². The average molecular weight is 328 g/mol. The third-order valence-corrected chi connectivity index (χ3v) is 3.83. The minimum Gasteiger partial charge on any atom is -0.493 e. The molecule has 6 heteroatoms. The summed E-state index contributed by atoms with van der Waals surface area (Å²) in [6.07, 6.45) is 3.01. The fraction of sp³-hybridized carbons (Fsp3) is 0.267. The third-order valence-electron chi connectivity index (χ3n) is 3.23. The topological polar surface area (TPSA) is 51.6 Å². The van der Waals surface area contributed by atoms with Crippen LogP contribution in [-0.2, 0) is 0 Å². The van der Waals surface area contributed by atoms with Crippen molar-refractivity contribution in [1.82, 2.24) is 4.98 Å². The number of nitrogens with zero attached hydrogens (tertiary/aromatic N) is 1. The molecule has 1 N–H and O–H groups in total. The number of hydrogen-bond acceptors (Lipinski definition) is 4. The molecule has 1 aromatic heterocycles. The zero-order valence-corrected chi connectivity index (χ0v) is 13.1. The lowest BCUT2D eigenvalue weighted by atomic mass is 9.92. The smallest absolute Gasteiger partial charge is 0.161 e. The maximum absolute atomic E-state index is 9.76. The van der Waals surface area contributed by atoms with E-state index in [1.54, 1.807) is 26.4 Å². The highest BCUT2D eigenvalue weighted by Crippen LogP contribution is 2.38. The van der Waals surface area contributed by atoms with Gasteiger partial charge in [-0.25, -0.2) is 0 Å². The van der Waals surface area contributed by atoms with Crippen molar-refractivity contribution in [2.24, 2.45) is 0 Å². The van der Waals surface area contributed by atoms with Crippen LogP contribution in [0.2, 0.25) is 10.0 Å². The van der Waals surface area contributed by atoms with Gasteiger partial charge in [-0.1, -0.05) is 29.3 Å². The summed E-state index contributed by atoms with van der Waals surface area (Å²) in [7, 11) is 3.12. The fourth-order valence-electron chi connectivity index (χ4n) is 2.19. The van der Waals surface area contributed by atoms with E-state index in [-0.39, 0.29) is 12.5 Å². The van der Waals surface area contributed by atoms with E-state index < -0.39 is 0 Å². The Hall–Kier alpha value is -1.49. The molecule has 2 rings (SSSR count). The molecule has 112 valence electrons. The molecular formula is C15H15Cl2NO3. The van der Waals surface area contributed by atoms with Crippen molar-refractivity contribution in [2.45, 2.75) is 5.92 Å². The minimum absolute atomic E-state index is 0.140. The van der Waals surface area contributed by atoms with Crippen LogP contribution in [0.4, 0.5) is 0 Å². The van der Waals surface area contributed by atoms with E-state index in [9.17, 15) is 5.11 Å². The molecule has 0 aliphatic heterocycles. The lowest BCUT2D eigenvalue weighted by molar-refractivity contribution is 0.280. The summed E-state index contributed by atoms with van der Waals surface area (Å²) in [4.78, 5) is 3.93. The summed E-state index contributed by atoms with van der Waals surface area (Å²) in [5.74, 6) is 0.826. The normalized spacial score (nSPS) is 12.0. The first-order valence-electron chi connectivity index (χ1n) is 6.24. The van der Waals surface area contributed by atoms with E-state index in [1.807, 2.05) is 6.07 Å². The molecule has 2 aromatic rings. The van der Waals surface area contributed by atoms with Crippen LogP contribution >= 0.6 is 23.2 Å². The summed E-state index contributed by atoms with van der Waals surface area (Å²) in [6, 6.07) is 5.42. The Balaban J connectivity index is 2.51. The number of hydrogen-bond donors (Lipinski definition) is 1. The Bertz CT molecular complexity index is 614. The number of ether oxygens (including phenoxy) is 2. The number of methoxy groups -OCH3 is 2. The first-order chi connectivity index (χ1) is 10.1. The van der Waals surface area contributed by atoms with Crippen LogP contribution in [0, 0.1) is 0 Å². The molecule has 0 fully saturated rings. The molecule has 0 bridgehead atoms. The van der Waals surface area contributed by atoms with Gasteiger partial charge in [-0.15, -0.1) is 0 Å². The van der Waals surface area contributed by atoms with Crippen LogP contribution in [0.3, 0.4) is 0 Å². The van der Waals surface area contributed by atoms with E-state index in [4.69, 9.17) is 32.7 Å². The summed E-state index contributed by atoms with van der Waals surface area (Å²) in [6.45, 7) is -0.140. The Morgan fingerprint density at radius 1 is 1.10 bits per heavy atom. The molecule has 0 radical (unpaired) electrons. The van der Waals surface area contributed by atoms with E-state index in [2.05, 4.69) is 4.98 Å². The molecule has 0 saturated heterocycles. The number of halogens is 2. The van der Waals surface area contributed by atoms with Gasteiger partial charge >= 0.3 is 0 Å². The minimum atomic E-state index is -0.368. The molecule has 0 spiro atoms. The van der Waals surface area contributed by atoms with Gasteiger partial charge in [0.15, 0.2) is 11.5 Å². The first-order valence-corrected chi connectivity index (χ1v) is 6.99. The van der Waals surface area contributed by atoms with Crippen LogP contribution in [-0.4, -0.2) is 30.9 Å². The largest absolute Gasteiger partial charge is 0.493 e. The lowest BCUT2D eigenvalue weighted by Crippen LogP contribution is -2.08. The number of aliphatic hydroxyl groups is 1. The summed E-state index contributed by atoms with van der Waals surface area (Å²) in [5, 5.41) is 10.6. The monoisotopic (exact) mass is 327 g/mol. The van der Waals surface area contributed by atoms with Crippen LogP contribution < -0.4 is 9.47 Å². The van der Waals surface area contributed by atoms with Gasteiger partial charge in [-0.2, -0.15) is 0 Å². The molecule has 0 aliphatic carbocycles. The van der Waals surface area contributed by atoms with Gasteiger partial charge in [-0.3, -0.25) is 4.98 Å². The van der Waals surface area contributed by atoms with Crippen molar-refractivity contribution in [3.63, 3.8) is 0 Å². The second kappa shape index (κ2) is 6.98. The Labute approximate surface area is 133 Å². The maximum Gasteiger partial charge on any atom is 0.161 e. The number of benzene rings is 1. The second-order valence-corrected chi connectivity index (χ2v) is 5.18. The summed E-state index contributed by atoms with van der Waals surface area (Å²) >= 11 is 12.3. The molecule has 1 heterocycles. The Kier molecular flexibility index (Phi) is 5.28. The highest BCUT2D eigenvalue weighted by atomic mass is 35.5. The van der Waals surface area contributed by atoms with Crippen LogP contribution in [0.1, 0.15) is 17.0 Å². The number of rotatable bonds is 5. The van der Waals surface area contributed by atoms with Crippen LogP contribution in [0.25, 0.3) is 0 Å². The van der Waals surface area contributed by atoms with Crippen LogP contribution in [0.5, 0.6) is 11.5 Å². The van der Waals surface area contributed by atoms with E-state index >= 15 is 0 Å². The van der Waals surface area contributed by atoms with Crippen molar-refractivity contribution in [3.05, 3.63) is 51.8 Å². The fourth-order valence-corrected chi connectivity index (χ4v) is 2.82. The quantitative estimate of drug-likeness (QED) is 0.912. The van der Waals surface area contributed by atoms with Gasteiger partial charge in [0.2, 0.25) is 0 Å². The molecule has 1 aromatic carbocycles. The molecule has 21 heavy (non-hydrogen) atoms. The first kappa shape index (κ1) is 15.9. The highest BCUT2D eigenvalue weighted by molar-refractivity contribution is 6.35. The Morgan fingerprint density at radius 3 is 2.24 bits per heavy atom. The molecule has 1 unspecified atom stereocenters. The SMILES string of the molecule is COc1ccc(C(CO)c2c(Cl)cncc2Cl)cc1OC. The maximum atomic E-state index is 9.76. The van der Waals surface area contributed by atoms with E-state index in [1.165, 1.54) is 12.4 Å². The van der Waals surface area contributed by atoms with Gasteiger partial charge in [0, 0.05) is 23.9 Å². The predicted molar refractivity (Wildman–Crippen MR) is 82.7 cm³/mol. The zero-order valence-electron chi connectivity index (χ0n) is 11.6. The molecule has 0 amide bonds. The highest BCUT2D eigenvalue weighted by Gasteiger charge is 2.21. The van der Waals surface area contributed by atoms with Crippen molar-refractivity contribution in [3.8, 4) is 11.5 Å². The number of pyridine rings is 1. The molecular weight excluding hydrogens is 313 g/mol. The van der Waals surface area contributed by atoms with Crippen molar-refractivity contribution < 1.29 is 14.6 Å². The van der Waals surface area contributed by atoms with Gasteiger partial charge in [0.1, 0.15) is 0 Å². The second-order valence-electron chi connectivity index (χ2n) is 4.37. The van der Waals surface area contributed by atoms with Gasteiger partial charge in [0.25, 0.3) is 0 Å². The van der Waals surface area contributed by atoms with Gasteiger partial charge < -0.3 is 14.6 Å². The number of aromatic nitrogens is 1. The summed E-state index contributed by atoms with van der Waals surface area (Å²) < 4.78 is 10.5. The third kappa shape index (κ3) is 3.23. The van der Waals surface area contributed by atoms with Crippen molar-refractivity contribution >= 4 is 23.2 Å². The average Bonchev–Trinajstić information content (AvgIpc) is 2.50. The standard InChI is InChI=1S/C15H15Cl2NO3/c1-20-13-4-3-9(5-14(13)21-2)10(8-19)15-11(16)6-18-7-12(15)17/h3-7,10,19H,8H2,1-2H3.